The van der Waals surface area contributed by atoms with Crippen LogP contribution in [0.4, 0.5) is 0 Å². The molecule has 86 valence electrons. The van der Waals surface area contributed by atoms with Crippen molar-refractivity contribution in [3.8, 4) is 0 Å². The number of nitrogens with zero attached hydrogens (tertiary/aromatic N) is 1. The van der Waals surface area contributed by atoms with E-state index in [1.54, 1.807) is 12.1 Å². The zero-order chi connectivity index (χ0) is 11.5. The van der Waals surface area contributed by atoms with Crippen LogP contribution in [0.2, 0.25) is 5.02 Å². The molecule has 0 bridgehead atoms. The molecule has 16 heavy (non-hydrogen) atoms. The van der Waals surface area contributed by atoms with Gasteiger partial charge in [0.1, 0.15) is 0 Å². The Morgan fingerprint density at radius 3 is 3.06 bits per heavy atom. The van der Waals surface area contributed by atoms with Crippen LogP contribution in [0, 0.1) is 0 Å². The fourth-order valence-electron chi connectivity index (χ4n) is 1.93. The Morgan fingerprint density at radius 1 is 1.56 bits per heavy atom. The number of hydrogen-bond acceptors (Lipinski definition) is 3. The van der Waals surface area contributed by atoms with E-state index in [1.165, 1.54) is 0 Å². The number of likely N-dealkylation sites (N-methyl/N-ethyl adjacent to an activating group) is 1. The van der Waals surface area contributed by atoms with Crippen LogP contribution in [0.25, 0.3) is 0 Å². The lowest BCUT2D eigenvalue weighted by molar-refractivity contribution is 0.0819. The van der Waals surface area contributed by atoms with Gasteiger partial charge in [0.05, 0.1) is 6.04 Å². The minimum absolute atomic E-state index is 0.0767. The molecule has 1 unspecified atom stereocenters. The van der Waals surface area contributed by atoms with E-state index < -0.39 is 0 Å². The fraction of sp³-hybridized carbons (Fsp3) is 0.417. The molecule has 1 fully saturated rings. The minimum Gasteiger partial charge on any atom is -0.313 e. The van der Waals surface area contributed by atoms with E-state index in [4.69, 9.17) is 11.6 Å². The Bertz CT molecular complexity index is 394. The number of rotatable bonds is 2. The summed E-state index contributed by atoms with van der Waals surface area (Å²) in [6.07, 6.45) is 0. The Balaban J connectivity index is 2.17. The Morgan fingerprint density at radius 2 is 2.38 bits per heavy atom. The van der Waals surface area contributed by atoms with Gasteiger partial charge in [-0.15, -0.1) is 0 Å². The quantitative estimate of drug-likeness (QED) is 0.792. The number of hydrogen-bond donors (Lipinski definition) is 1. The summed E-state index contributed by atoms with van der Waals surface area (Å²) in [5.41, 5.74) is 0.688. The standard InChI is InChI=1S/C12H15ClN2O/c1-15-6-5-14-8-11(15)12(16)9-3-2-4-10(13)7-9/h2-4,7,11,14H,5-6,8H2,1H3. The van der Waals surface area contributed by atoms with E-state index in [0.29, 0.717) is 17.1 Å². The number of halogens is 1. The van der Waals surface area contributed by atoms with Crippen molar-refractivity contribution in [2.45, 2.75) is 6.04 Å². The van der Waals surface area contributed by atoms with Crippen molar-refractivity contribution in [3.05, 3.63) is 34.9 Å². The Labute approximate surface area is 100 Å². The zero-order valence-corrected chi connectivity index (χ0v) is 10.00. The summed E-state index contributed by atoms with van der Waals surface area (Å²) in [4.78, 5) is 14.3. The maximum absolute atomic E-state index is 12.2. The zero-order valence-electron chi connectivity index (χ0n) is 9.24. The van der Waals surface area contributed by atoms with E-state index in [-0.39, 0.29) is 11.8 Å². The van der Waals surface area contributed by atoms with Crippen molar-refractivity contribution in [1.29, 1.82) is 0 Å². The molecule has 3 nitrogen and oxygen atoms in total. The molecule has 0 amide bonds. The van der Waals surface area contributed by atoms with Crippen molar-refractivity contribution >= 4 is 17.4 Å². The highest BCUT2D eigenvalue weighted by Gasteiger charge is 2.26. The average molecular weight is 239 g/mol. The third-order valence-corrected chi connectivity index (χ3v) is 3.16. The summed E-state index contributed by atoms with van der Waals surface area (Å²) < 4.78 is 0. The van der Waals surface area contributed by atoms with Crippen molar-refractivity contribution in [1.82, 2.24) is 10.2 Å². The second kappa shape index (κ2) is 4.95. The summed E-state index contributed by atoms with van der Waals surface area (Å²) in [6, 6.07) is 7.06. The molecule has 1 aliphatic heterocycles. The first-order chi connectivity index (χ1) is 7.68. The molecule has 0 spiro atoms. The number of ketones is 1. The molecule has 0 saturated carbocycles. The number of benzene rings is 1. The highest BCUT2D eigenvalue weighted by atomic mass is 35.5. The molecule has 1 saturated heterocycles. The minimum atomic E-state index is -0.0767. The van der Waals surface area contributed by atoms with Crippen molar-refractivity contribution < 1.29 is 4.79 Å². The van der Waals surface area contributed by atoms with Crippen LogP contribution in [-0.4, -0.2) is 43.4 Å². The largest absolute Gasteiger partial charge is 0.313 e. The topological polar surface area (TPSA) is 32.3 Å². The summed E-state index contributed by atoms with van der Waals surface area (Å²) in [7, 11) is 1.98. The van der Waals surface area contributed by atoms with Gasteiger partial charge in [0.2, 0.25) is 0 Å². The average Bonchev–Trinajstić information content (AvgIpc) is 2.29. The molecule has 0 radical (unpaired) electrons. The Kier molecular flexibility index (Phi) is 3.59. The van der Waals surface area contributed by atoms with Crippen LogP contribution >= 0.6 is 11.6 Å². The second-order valence-electron chi connectivity index (χ2n) is 4.08. The predicted octanol–water partition coefficient (Wildman–Crippen LogP) is 1.43. The van der Waals surface area contributed by atoms with E-state index in [9.17, 15) is 4.79 Å². The molecule has 1 N–H and O–H groups in total. The van der Waals surface area contributed by atoms with Gasteiger partial charge in [-0.2, -0.15) is 0 Å². The molecular weight excluding hydrogens is 224 g/mol. The summed E-state index contributed by atoms with van der Waals surface area (Å²) >= 11 is 5.88. The van der Waals surface area contributed by atoms with Crippen LogP contribution in [0.5, 0.6) is 0 Å². The van der Waals surface area contributed by atoms with Crippen LogP contribution in [0.1, 0.15) is 10.4 Å². The van der Waals surface area contributed by atoms with Crippen molar-refractivity contribution in [2.24, 2.45) is 0 Å². The van der Waals surface area contributed by atoms with Gasteiger partial charge in [-0.3, -0.25) is 9.69 Å². The van der Waals surface area contributed by atoms with Gasteiger partial charge in [0, 0.05) is 30.2 Å². The monoisotopic (exact) mass is 238 g/mol. The molecule has 4 heteroatoms. The lowest BCUT2D eigenvalue weighted by Crippen LogP contribution is -2.53. The molecule has 1 aromatic carbocycles. The van der Waals surface area contributed by atoms with E-state index in [1.807, 2.05) is 19.2 Å². The lowest BCUT2D eigenvalue weighted by Gasteiger charge is -2.31. The van der Waals surface area contributed by atoms with Crippen LogP contribution in [-0.2, 0) is 0 Å². The maximum Gasteiger partial charge on any atom is 0.181 e. The number of carbonyl (C=O) groups excluding carboxylic acids is 1. The van der Waals surface area contributed by atoms with Gasteiger partial charge in [-0.25, -0.2) is 0 Å². The van der Waals surface area contributed by atoms with Crippen LogP contribution in [0.15, 0.2) is 24.3 Å². The summed E-state index contributed by atoms with van der Waals surface area (Å²) in [5, 5.41) is 3.84. The lowest BCUT2D eigenvalue weighted by atomic mass is 10.0. The van der Waals surface area contributed by atoms with Gasteiger partial charge in [-0.05, 0) is 19.2 Å². The van der Waals surface area contributed by atoms with Crippen LogP contribution < -0.4 is 5.32 Å². The summed E-state index contributed by atoms with van der Waals surface area (Å²) in [5.74, 6) is 0.136. The highest BCUT2D eigenvalue weighted by Crippen LogP contribution is 2.14. The first-order valence-corrected chi connectivity index (χ1v) is 5.77. The predicted molar refractivity (Wildman–Crippen MR) is 65.1 cm³/mol. The van der Waals surface area contributed by atoms with Crippen molar-refractivity contribution in [2.75, 3.05) is 26.7 Å². The van der Waals surface area contributed by atoms with Gasteiger partial charge < -0.3 is 5.32 Å². The van der Waals surface area contributed by atoms with E-state index in [0.717, 1.165) is 13.1 Å². The molecule has 1 atom stereocenters. The van der Waals surface area contributed by atoms with Gasteiger partial charge in [0.15, 0.2) is 5.78 Å². The smallest absolute Gasteiger partial charge is 0.181 e. The van der Waals surface area contributed by atoms with E-state index in [2.05, 4.69) is 10.2 Å². The number of piperazine rings is 1. The normalized spacial score (nSPS) is 22.0. The fourth-order valence-corrected chi connectivity index (χ4v) is 2.12. The van der Waals surface area contributed by atoms with Gasteiger partial charge in [-0.1, -0.05) is 23.7 Å². The number of Topliss-reactive ketones (excluding diaryl/α,β-unsaturated/α-hetero) is 1. The summed E-state index contributed by atoms with van der Waals surface area (Å²) in [6.45, 7) is 2.55. The van der Waals surface area contributed by atoms with Gasteiger partial charge in [0.25, 0.3) is 0 Å². The Hall–Kier alpha value is -0.900. The molecule has 0 aromatic heterocycles. The molecule has 1 heterocycles. The first-order valence-electron chi connectivity index (χ1n) is 5.39. The molecule has 1 aromatic rings. The molecule has 1 aliphatic rings. The SMILES string of the molecule is CN1CCNCC1C(=O)c1cccc(Cl)c1. The maximum atomic E-state index is 12.2. The molecule has 0 aliphatic carbocycles. The van der Waals surface area contributed by atoms with Gasteiger partial charge >= 0.3 is 0 Å². The third kappa shape index (κ3) is 2.43. The number of carbonyl (C=O) groups is 1. The molecule has 2 rings (SSSR count). The second-order valence-corrected chi connectivity index (χ2v) is 4.51. The van der Waals surface area contributed by atoms with Crippen molar-refractivity contribution in [3.63, 3.8) is 0 Å². The first kappa shape index (κ1) is 11.6. The third-order valence-electron chi connectivity index (χ3n) is 2.92. The van der Waals surface area contributed by atoms with E-state index >= 15 is 0 Å². The van der Waals surface area contributed by atoms with Crippen LogP contribution in [0.3, 0.4) is 0 Å². The molecular formula is C12H15ClN2O. The number of nitrogens with one attached hydrogen (secondary N) is 1. The highest BCUT2D eigenvalue weighted by molar-refractivity contribution is 6.31.